The van der Waals surface area contributed by atoms with E-state index in [4.69, 9.17) is 11.5 Å². The van der Waals surface area contributed by atoms with Crippen molar-refractivity contribution in [2.75, 3.05) is 10.2 Å². The van der Waals surface area contributed by atoms with Crippen LogP contribution in [-0.4, -0.2) is 20.5 Å². The van der Waals surface area contributed by atoms with Gasteiger partial charge in [0.05, 0.1) is 5.69 Å². The second-order valence-electron chi connectivity index (χ2n) is 4.04. The Hall–Kier alpha value is -1.51. The lowest BCUT2D eigenvalue weighted by molar-refractivity contribution is 0.0996. The van der Waals surface area contributed by atoms with Crippen LogP contribution in [0.5, 0.6) is 0 Å². The Morgan fingerprint density at radius 3 is 2.74 bits per heavy atom. The van der Waals surface area contributed by atoms with Gasteiger partial charge in [0.15, 0.2) is 5.69 Å². The third kappa shape index (κ3) is 2.60. The number of aryl methyl sites for hydroxylation is 1. The second-order valence-corrected chi connectivity index (χ2v) is 5.12. The monoisotopic (exact) mass is 374 g/mol. The summed E-state index contributed by atoms with van der Waals surface area (Å²) in [4.78, 5) is 11.2. The number of fused-ring (bicyclic) bond motifs is 1. The summed E-state index contributed by atoms with van der Waals surface area (Å²) < 4.78 is 14.7. The van der Waals surface area contributed by atoms with E-state index in [0.717, 1.165) is 10.8 Å². The molecule has 1 aromatic heterocycles. The van der Waals surface area contributed by atoms with Crippen LogP contribution >= 0.6 is 22.6 Å². The maximum Gasteiger partial charge on any atom is 0.271 e. The van der Waals surface area contributed by atoms with Crippen LogP contribution in [0.1, 0.15) is 22.5 Å². The molecule has 0 spiro atoms. The van der Waals surface area contributed by atoms with Crippen LogP contribution in [0.25, 0.3) is 10.9 Å². The first-order valence-electron chi connectivity index (χ1n) is 5.65. The molecule has 0 atom stereocenters. The first-order valence-corrected chi connectivity index (χ1v) is 7.17. The fourth-order valence-corrected chi connectivity index (χ4v) is 2.27. The van der Waals surface area contributed by atoms with Gasteiger partial charge in [0.1, 0.15) is 11.3 Å². The number of nitrogens with two attached hydrogens (primary N) is 2. The van der Waals surface area contributed by atoms with Gasteiger partial charge < -0.3 is 11.5 Å². The first-order chi connectivity index (χ1) is 9.06. The second kappa shape index (κ2) is 5.64. The van der Waals surface area contributed by atoms with Crippen LogP contribution in [0.15, 0.2) is 12.1 Å². The quantitative estimate of drug-likeness (QED) is 0.631. The Morgan fingerprint density at radius 1 is 1.37 bits per heavy atom. The normalized spacial score (nSPS) is 10.8. The molecule has 0 aliphatic rings. The van der Waals surface area contributed by atoms with E-state index in [1.54, 1.807) is 0 Å². The predicted octanol–water partition coefficient (Wildman–Crippen LogP) is 1.82. The minimum absolute atomic E-state index is 0.0843. The molecule has 0 unspecified atom stereocenters. The molecule has 0 saturated heterocycles. The first kappa shape index (κ1) is 13.9. The number of nitrogen functional groups attached to an aromatic ring is 1. The summed E-state index contributed by atoms with van der Waals surface area (Å²) >= 11 is 2.23. The van der Waals surface area contributed by atoms with Gasteiger partial charge in [-0.3, -0.25) is 4.79 Å². The van der Waals surface area contributed by atoms with Crippen molar-refractivity contribution in [1.29, 1.82) is 0 Å². The molecule has 19 heavy (non-hydrogen) atoms. The van der Waals surface area contributed by atoms with Gasteiger partial charge in [-0.15, -0.1) is 10.2 Å². The van der Waals surface area contributed by atoms with Gasteiger partial charge in [0.2, 0.25) is 0 Å². The highest BCUT2D eigenvalue weighted by molar-refractivity contribution is 14.1. The van der Waals surface area contributed by atoms with Crippen molar-refractivity contribution in [3.63, 3.8) is 0 Å². The molecule has 2 aromatic rings. The number of benzene rings is 1. The molecule has 0 saturated carbocycles. The highest BCUT2D eigenvalue weighted by Gasteiger charge is 2.16. The van der Waals surface area contributed by atoms with E-state index in [0.29, 0.717) is 22.9 Å². The number of hydrogen-bond acceptors (Lipinski definition) is 4. The van der Waals surface area contributed by atoms with Gasteiger partial charge in [-0.25, -0.2) is 4.39 Å². The number of nitrogens with zero attached hydrogens (tertiary/aromatic N) is 2. The molecule has 0 aliphatic heterocycles. The van der Waals surface area contributed by atoms with Gasteiger partial charge in [-0.2, -0.15) is 0 Å². The predicted molar refractivity (Wildman–Crippen MR) is 79.6 cm³/mol. The highest BCUT2D eigenvalue weighted by atomic mass is 127. The molecule has 5 nitrogen and oxygen atoms in total. The fourth-order valence-electron chi connectivity index (χ4n) is 1.89. The van der Waals surface area contributed by atoms with Gasteiger partial charge in [0, 0.05) is 10.9 Å². The SMILES string of the molecule is NC(=O)c1nnc2c(CCCI)c(F)ccc2c1N. The van der Waals surface area contributed by atoms with Crippen molar-refractivity contribution in [3.05, 3.63) is 29.2 Å². The van der Waals surface area contributed by atoms with Crippen molar-refractivity contribution in [2.24, 2.45) is 5.73 Å². The van der Waals surface area contributed by atoms with Crippen molar-refractivity contribution in [3.8, 4) is 0 Å². The lowest BCUT2D eigenvalue weighted by Crippen LogP contribution is -2.17. The van der Waals surface area contributed by atoms with E-state index in [1.165, 1.54) is 12.1 Å². The van der Waals surface area contributed by atoms with E-state index in [9.17, 15) is 9.18 Å². The zero-order valence-electron chi connectivity index (χ0n) is 9.99. The number of amides is 1. The lowest BCUT2D eigenvalue weighted by atomic mass is 10.0. The lowest BCUT2D eigenvalue weighted by Gasteiger charge is -2.09. The summed E-state index contributed by atoms with van der Waals surface area (Å²) in [5, 5.41) is 8.11. The van der Waals surface area contributed by atoms with Crippen LogP contribution < -0.4 is 11.5 Å². The van der Waals surface area contributed by atoms with Gasteiger partial charge in [0.25, 0.3) is 5.91 Å². The Bertz CT molecular complexity index is 647. The number of halogens is 2. The van der Waals surface area contributed by atoms with Gasteiger partial charge >= 0.3 is 0 Å². The van der Waals surface area contributed by atoms with Crippen molar-refractivity contribution >= 4 is 45.1 Å². The van der Waals surface area contributed by atoms with E-state index in [1.807, 2.05) is 0 Å². The molecule has 0 radical (unpaired) electrons. The van der Waals surface area contributed by atoms with Crippen molar-refractivity contribution in [2.45, 2.75) is 12.8 Å². The smallest absolute Gasteiger partial charge is 0.271 e. The number of carbonyl (C=O) groups is 1. The maximum absolute atomic E-state index is 13.8. The molecular formula is C12H12FIN4O. The molecule has 1 amide bonds. The molecule has 1 aromatic carbocycles. The number of aromatic nitrogens is 2. The van der Waals surface area contributed by atoms with Crippen LogP contribution in [-0.2, 0) is 6.42 Å². The molecule has 7 heteroatoms. The summed E-state index contributed by atoms with van der Waals surface area (Å²) in [6.07, 6.45) is 1.38. The van der Waals surface area contributed by atoms with Crippen LogP contribution in [0.2, 0.25) is 0 Å². The third-order valence-corrected chi connectivity index (χ3v) is 3.58. The number of alkyl halides is 1. The van der Waals surface area contributed by atoms with E-state index in [-0.39, 0.29) is 17.2 Å². The van der Waals surface area contributed by atoms with Gasteiger partial charge in [-0.05, 0) is 29.4 Å². The molecule has 100 valence electrons. The summed E-state index contributed by atoms with van der Waals surface area (Å²) in [5.74, 6) is -1.08. The zero-order valence-corrected chi connectivity index (χ0v) is 12.1. The van der Waals surface area contributed by atoms with E-state index in [2.05, 4.69) is 32.8 Å². The molecule has 4 N–H and O–H groups in total. The highest BCUT2D eigenvalue weighted by Crippen LogP contribution is 2.26. The molecule has 0 fully saturated rings. The Morgan fingerprint density at radius 2 is 2.11 bits per heavy atom. The largest absolute Gasteiger partial charge is 0.396 e. The Labute approximate surface area is 122 Å². The molecule has 2 rings (SSSR count). The minimum Gasteiger partial charge on any atom is -0.396 e. The summed E-state index contributed by atoms with van der Waals surface area (Å²) in [5.41, 5.74) is 11.9. The average Bonchev–Trinajstić information content (AvgIpc) is 2.37. The summed E-state index contributed by atoms with van der Waals surface area (Å²) in [7, 11) is 0. The van der Waals surface area contributed by atoms with Crippen LogP contribution in [0.4, 0.5) is 10.1 Å². The molecular weight excluding hydrogens is 362 g/mol. The Kier molecular flexibility index (Phi) is 4.13. The number of anilines is 1. The van der Waals surface area contributed by atoms with Gasteiger partial charge in [-0.1, -0.05) is 22.6 Å². The molecule has 0 aliphatic carbocycles. The number of hydrogen-bond donors (Lipinski definition) is 2. The summed E-state index contributed by atoms with van der Waals surface area (Å²) in [6.45, 7) is 0. The van der Waals surface area contributed by atoms with E-state index < -0.39 is 5.91 Å². The number of rotatable bonds is 4. The Balaban J connectivity index is 2.67. The fraction of sp³-hybridized carbons (Fsp3) is 0.250. The maximum atomic E-state index is 13.8. The average molecular weight is 374 g/mol. The van der Waals surface area contributed by atoms with Crippen molar-refractivity contribution < 1.29 is 9.18 Å². The minimum atomic E-state index is -0.745. The van der Waals surface area contributed by atoms with Crippen molar-refractivity contribution in [1.82, 2.24) is 10.2 Å². The topological polar surface area (TPSA) is 94.9 Å². The number of carbonyl (C=O) groups excluding carboxylic acids is 1. The van der Waals surface area contributed by atoms with Crippen LogP contribution in [0.3, 0.4) is 0 Å². The standard InChI is InChI=1S/C12H12FIN4O/c13-8-4-3-7-9(15)11(12(16)19)18-17-10(7)6(8)2-1-5-14/h3-4H,1-2,5H2,(H2,15,17)(H2,16,19). The van der Waals surface area contributed by atoms with Crippen LogP contribution in [0, 0.1) is 5.82 Å². The third-order valence-electron chi connectivity index (χ3n) is 2.81. The summed E-state index contributed by atoms with van der Waals surface area (Å²) in [6, 6.07) is 2.82. The molecule has 0 bridgehead atoms. The number of primary amides is 1. The molecule has 1 heterocycles. The zero-order chi connectivity index (χ0) is 14.0. The van der Waals surface area contributed by atoms with E-state index >= 15 is 0 Å².